The second-order valence-electron chi connectivity index (χ2n) is 4.37. The zero-order valence-corrected chi connectivity index (χ0v) is 10.1. The molecule has 0 saturated carbocycles. The molecule has 2 N–H and O–H groups in total. The number of carboxylic acids is 1. The second-order valence-corrected chi connectivity index (χ2v) is 4.37. The van der Waals surface area contributed by atoms with E-state index in [2.05, 4.69) is 5.32 Å². The van der Waals surface area contributed by atoms with Gasteiger partial charge in [0.05, 0.1) is 6.10 Å². The van der Waals surface area contributed by atoms with Crippen LogP contribution in [0.25, 0.3) is 0 Å². The highest BCUT2D eigenvalue weighted by molar-refractivity contribution is 5.75. The molecule has 0 aromatic rings. The van der Waals surface area contributed by atoms with Crippen LogP contribution < -0.4 is 5.32 Å². The minimum atomic E-state index is -0.802. The van der Waals surface area contributed by atoms with Crippen molar-refractivity contribution in [1.29, 1.82) is 0 Å². The van der Waals surface area contributed by atoms with E-state index in [-0.39, 0.29) is 12.3 Å². The molecule has 1 rings (SSSR count). The Morgan fingerprint density at radius 3 is 2.71 bits per heavy atom. The predicted octanol–water partition coefficient (Wildman–Crippen LogP) is 1.32. The molecule has 1 fully saturated rings. The van der Waals surface area contributed by atoms with E-state index in [0.717, 1.165) is 25.9 Å². The standard InChI is InChI=1S/C12H21NO4/c14-11(5-1-2-6-12(15)16)13-8-7-10-4-3-9-17-10/h10H,1-9H2,(H,13,14)(H,15,16). The fourth-order valence-electron chi connectivity index (χ4n) is 1.89. The van der Waals surface area contributed by atoms with Crippen molar-refractivity contribution >= 4 is 11.9 Å². The molecule has 0 aromatic heterocycles. The number of hydrogen-bond donors (Lipinski definition) is 2. The summed E-state index contributed by atoms with van der Waals surface area (Å²) < 4.78 is 5.44. The fraction of sp³-hybridized carbons (Fsp3) is 0.833. The summed E-state index contributed by atoms with van der Waals surface area (Å²) in [5.74, 6) is -0.794. The summed E-state index contributed by atoms with van der Waals surface area (Å²) in [6.45, 7) is 1.50. The van der Waals surface area contributed by atoms with E-state index in [1.165, 1.54) is 0 Å². The maximum absolute atomic E-state index is 11.4. The van der Waals surface area contributed by atoms with Crippen molar-refractivity contribution in [2.45, 2.75) is 51.0 Å². The zero-order valence-electron chi connectivity index (χ0n) is 10.1. The molecule has 0 spiro atoms. The van der Waals surface area contributed by atoms with Gasteiger partial charge in [0.1, 0.15) is 0 Å². The van der Waals surface area contributed by atoms with Crippen LogP contribution >= 0.6 is 0 Å². The van der Waals surface area contributed by atoms with E-state index in [1.807, 2.05) is 0 Å². The number of nitrogens with one attached hydrogen (secondary N) is 1. The lowest BCUT2D eigenvalue weighted by atomic mass is 10.1. The summed E-state index contributed by atoms with van der Waals surface area (Å²) in [5, 5.41) is 11.3. The van der Waals surface area contributed by atoms with Gasteiger partial charge in [0.15, 0.2) is 0 Å². The van der Waals surface area contributed by atoms with E-state index in [9.17, 15) is 9.59 Å². The number of amides is 1. The summed E-state index contributed by atoms with van der Waals surface area (Å²) in [7, 11) is 0. The first-order chi connectivity index (χ1) is 8.18. The Balaban J connectivity index is 1.91. The van der Waals surface area contributed by atoms with Crippen LogP contribution in [0.2, 0.25) is 0 Å². The number of hydrogen-bond acceptors (Lipinski definition) is 3. The van der Waals surface area contributed by atoms with Crippen LogP contribution in [0, 0.1) is 0 Å². The zero-order chi connectivity index (χ0) is 12.5. The second kappa shape index (κ2) is 8.06. The van der Waals surface area contributed by atoms with Crippen molar-refractivity contribution in [3.63, 3.8) is 0 Å². The highest BCUT2D eigenvalue weighted by atomic mass is 16.5. The number of carbonyl (C=O) groups is 2. The fourth-order valence-corrected chi connectivity index (χ4v) is 1.89. The van der Waals surface area contributed by atoms with Gasteiger partial charge in [0.25, 0.3) is 0 Å². The lowest BCUT2D eigenvalue weighted by Crippen LogP contribution is -2.26. The quantitative estimate of drug-likeness (QED) is 0.630. The van der Waals surface area contributed by atoms with Crippen LogP contribution in [0.4, 0.5) is 0 Å². The monoisotopic (exact) mass is 243 g/mol. The van der Waals surface area contributed by atoms with Gasteiger partial charge in [-0.25, -0.2) is 0 Å². The smallest absolute Gasteiger partial charge is 0.303 e. The third-order valence-corrected chi connectivity index (χ3v) is 2.86. The summed E-state index contributed by atoms with van der Waals surface area (Å²) in [6, 6.07) is 0. The Hall–Kier alpha value is -1.10. The first-order valence-corrected chi connectivity index (χ1v) is 6.28. The van der Waals surface area contributed by atoms with Crippen LogP contribution in [-0.4, -0.2) is 36.2 Å². The number of carboxylic acid groups (broad SMARTS) is 1. The number of ether oxygens (including phenoxy) is 1. The van der Waals surface area contributed by atoms with Crippen LogP contribution in [0.3, 0.4) is 0 Å². The molecule has 17 heavy (non-hydrogen) atoms. The van der Waals surface area contributed by atoms with Crippen molar-refractivity contribution in [3.05, 3.63) is 0 Å². The maximum Gasteiger partial charge on any atom is 0.303 e. The maximum atomic E-state index is 11.4. The largest absolute Gasteiger partial charge is 0.481 e. The van der Waals surface area contributed by atoms with E-state index in [0.29, 0.717) is 31.9 Å². The number of rotatable bonds is 8. The Morgan fingerprint density at radius 2 is 2.06 bits per heavy atom. The Morgan fingerprint density at radius 1 is 1.29 bits per heavy atom. The molecule has 1 aliphatic rings. The van der Waals surface area contributed by atoms with Gasteiger partial charge in [0, 0.05) is 26.0 Å². The lowest BCUT2D eigenvalue weighted by Gasteiger charge is -2.09. The van der Waals surface area contributed by atoms with Gasteiger partial charge in [-0.1, -0.05) is 0 Å². The molecule has 98 valence electrons. The van der Waals surface area contributed by atoms with Crippen LogP contribution in [0.15, 0.2) is 0 Å². The molecular weight excluding hydrogens is 222 g/mol. The van der Waals surface area contributed by atoms with Crippen molar-refractivity contribution in [2.24, 2.45) is 0 Å². The van der Waals surface area contributed by atoms with Gasteiger partial charge >= 0.3 is 5.97 Å². The molecule has 5 nitrogen and oxygen atoms in total. The molecule has 1 amide bonds. The molecule has 0 aliphatic carbocycles. The Bertz CT molecular complexity index is 249. The predicted molar refractivity (Wildman–Crippen MR) is 62.7 cm³/mol. The van der Waals surface area contributed by atoms with Gasteiger partial charge in [-0.3, -0.25) is 9.59 Å². The summed E-state index contributed by atoms with van der Waals surface area (Å²) in [6.07, 6.45) is 5.15. The topological polar surface area (TPSA) is 75.6 Å². The van der Waals surface area contributed by atoms with E-state index in [1.54, 1.807) is 0 Å². The van der Waals surface area contributed by atoms with Gasteiger partial charge in [-0.2, -0.15) is 0 Å². The molecule has 0 aromatic carbocycles. The first kappa shape index (κ1) is 14.0. The van der Waals surface area contributed by atoms with Crippen molar-refractivity contribution in [1.82, 2.24) is 5.32 Å². The van der Waals surface area contributed by atoms with Crippen molar-refractivity contribution in [3.8, 4) is 0 Å². The van der Waals surface area contributed by atoms with Gasteiger partial charge in [0.2, 0.25) is 5.91 Å². The number of carbonyl (C=O) groups excluding carboxylic acids is 1. The molecule has 1 heterocycles. The third-order valence-electron chi connectivity index (χ3n) is 2.86. The van der Waals surface area contributed by atoms with Gasteiger partial charge in [-0.15, -0.1) is 0 Å². The van der Waals surface area contributed by atoms with Crippen molar-refractivity contribution < 1.29 is 19.4 Å². The minimum Gasteiger partial charge on any atom is -0.481 e. The average molecular weight is 243 g/mol. The summed E-state index contributed by atoms with van der Waals surface area (Å²) in [5.41, 5.74) is 0. The molecule has 1 saturated heterocycles. The summed E-state index contributed by atoms with van der Waals surface area (Å²) >= 11 is 0. The molecule has 5 heteroatoms. The molecule has 0 radical (unpaired) electrons. The molecule has 1 atom stereocenters. The van der Waals surface area contributed by atoms with E-state index < -0.39 is 5.97 Å². The Kier molecular flexibility index (Phi) is 6.62. The van der Waals surface area contributed by atoms with Crippen LogP contribution in [-0.2, 0) is 14.3 Å². The van der Waals surface area contributed by atoms with Crippen LogP contribution in [0.5, 0.6) is 0 Å². The molecular formula is C12H21NO4. The molecule has 1 aliphatic heterocycles. The minimum absolute atomic E-state index is 0.00776. The van der Waals surface area contributed by atoms with Crippen molar-refractivity contribution in [2.75, 3.05) is 13.2 Å². The van der Waals surface area contributed by atoms with Crippen LogP contribution in [0.1, 0.15) is 44.9 Å². The Labute approximate surface area is 102 Å². The normalized spacial score (nSPS) is 19.2. The lowest BCUT2D eigenvalue weighted by molar-refractivity contribution is -0.137. The molecule has 0 bridgehead atoms. The third kappa shape index (κ3) is 6.94. The van der Waals surface area contributed by atoms with E-state index >= 15 is 0 Å². The molecule has 1 unspecified atom stereocenters. The SMILES string of the molecule is O=C(O)CCCCC(=O)NCCC1CCCO1. The van der Waals surface area contributed by atoms with Gasteiger partial charge < -0.3 is 15.2 Å². The highest BCUT2D eigenvalue weighted by Crippen LogP contribution is 2.14. The first-order valence-electron chi connectivity index (χ1n) is 6.28. The van der Waals surface area contributed by atoms with Gasteiger partial charge in [-0.05, 0) is 32.1 Å². The number of aliphatic carboxylic acids is 1. The van der Waals surface area contributed by atoms with E-state index in [4.69, 9.17) is 9.84 Å². The number of unbranched alkanes of at least 4 members (excludes halogenated alkanes) is 1. The summed E-state index contributed by atoms with van der Waals surface area (Å²) in [4.78, 5) is 21.6. The highest BCUT2D eigenvalue weighted by Gasteiger charge is 2.14. The average Bonchev–Trinajstić information content (AvgIpc) is 2.77.